The maximum Gasteiger partial charge on any atom is 0.513 e. The van der Waals surface area contributed by atoms with Crippen molar-refractivity contribution < 1.29 is 23.9 Å². The van der Waals surface area contributed by atoms with Crippen molar-refractivity contribution in [1.82, 2.24) is 5.32 Å². The van der Waals surface area contributed by atoms with Gasteiger partial charge in [0.25, 0.3) is 11.8 Å². The van der Waals surface area contributed by atoms with E-state index in [1.54, 1.807) is 43.3 Å². The molecule has 0 aliphatic carbocycles. The Morgan fingerprint density at radius 2 is 1.55 bits per heavy atom. The average Bonchev–Trinajstić information content (AvgIpc) is 2.80. The van der Waals surface area contributed by atoms with Gasteiger partial charge in [0.05, 0.1) is 16.7 Å². The van der Waals surface area contributed by atoms with E-state index in [9.17, 15) is 14.4 Å². The molecular weight excluding hydrogens is 467 g/mol. The number of rotatable bonds is 7. The summed E-state index contributed by atoms with van der Waals surface area (Å²) in [5.74, 6) is -0.428. The fraction of sp³-hybridized carbons (Fsp3) is 0.125. The number of benzene rings is 3. The van der Waals surface area contributed by atoms with E-state index in [0.717, 1.165) is 0 Å². The van der Waals surface area contributed by atoms with E-state index in [1.165, 1.54) is 30.3 Å². The van der Waals surface area contributed by atoms with Gasteiger partial charge in [-0.3, -0.25) is 9.59 Å². The van der Waals surface area contributed by atoms with E-state index in [-0.39, 0.29) is 35.7 Å². The van der Waals surface area contributed by atoms with Crippen LogP contribution in [0, 0.1) is 0 Å². The summed E-state index contributed by atoms with van der Waals surface area (Å²) in [4.78, 5) is 36.5. The lowest BCUT2D eigenvalue weighted by Crippen LogP contribution is -2.24. The van der Waals surface area contributed by atoms with Crippen molar-refractivity contribution in [3.8, 4) is 5.75 Å². The smallest absolute Gasteiger partial charge is 0.434 e. The largest absolute Gasteiger partial charge is 0.513 e. The van der Waals surface area contributed by atoms with Crippen LogP contribution in [-0.2, 0) is 11.3 Å². The average molecular weight is 487 g/mol. The second kappa shape index (κ2) is 11.4. The lowest BCUT2D eigenvalue weighted by molar-refractivity contribution is 0.0949. The van der Waals surface area contributed by atoms with Crippen molar-refractivity contribution in [2.45, 2.75) is 13.5 Å². The highest BCUT2D eigenvalue weighted by atomic mass is 35.5. The predicted molar refractivity (Wildman–Crippen MR) is 126 cm³/mol. The zero-order valence-electron chi connectivity index (χ0n) is 17.6. The summed E-state index contributed by atoms with van der Waals surface area (Å²) in [6.07, 6.45) is -0.813. The van der Waals surface area contributed by atoms with Crippen LogP contribution in [0.5, 0.6) is 5.75 Å². The molecule has 0 spiro atoms. The monoisotopic (exact) mass is 486 g/mol. The van der Waals surface area contributed by atoms with Crippen molar-refractivity contribution in [3.05, 3.63) is 93.5 Å². The maximum absolute atomic E-state index is 12.7. The van der Waals surface area contributed by atoms with Gasteiger partial charge in [0.1, 0.15) is 5.75 Å². The van der Waals surface area contributed by atoms with Crippen LogP contribution in [0.1, 0.15) is 33.2 Å². The zero-order chi connectivity index (χ0) is 23.8. The van der Waals surface area contributed by atoms with Gasteiger partial charge < -0.3 is 20.1 Å². The van der Waals surface area contributed by atoms with Crippen LogP contribution >= 0.6 is 23.2 Å². The third-order valence-electron chi connectivity index (χ3n) is 4.47. The second-order valence-corrected chi connectivity index (χ2v) is 7.55. The maximum atomic E-state index is 12.7. The third-order valence-corrected chi connectivity index (χ3v) is 5.21. The van der Waals surface area contributed by atoms with E-state index in [1.807, 2.05) is 0 Å². The highest BCUT2D eigenvalue weighted by Gasteiger charge is 2.12. The summed E-state index contributed by atoms with van der Waals surface area (Å²) in [7, 11) is 0. The molecule has 0 aliphatic heterocycles. The first kappa shape index (κ1) is 24.1. The summed E-state index contributed by atoms with van der Waals surface area (Å²) in [5, 5.41) is 6.28. The topological polar surface area (TPSA) is 93.7 Å². The molecule has 0 aromatic heterocycles. The molecule has 3 aromatic rings. The van der Waals surface area contributed by atoms with Crippen LogP contribution in [0.3, 0.4) is 0 Å². The quantitative estimate of drug-likeness (QED) is 0.329. The molecule has 0 radical (unpaired) electrons. The SMILES string of the molecule is CCOC(=O)Oc1ccc(C(=O)Nc2ccccc2CNC(=O)c2ccc(Cl)c(Cl)c2)cc1. The molecule has 2 N–H and O–H groups in total. The Labute approximate surface area is 200 Å². The third kappa shape index (κ3) is 6.71. The van der Waals surface area contributed by atoms with Gasteiger partial charge in [0.15, 0.2) is 0 Å². The van der Waals surface area contributed by atoms with Crippen LogP contribution < -0.4 is 15.4 Å². The van der Waals surface area contributed by atoms with E-state index < -0.39 is 6.16 Å². The Kier molecular flexibility index (Phi) is 8.29. The highest BCUT2D eigenvalue weighted by molar-refractivity contribution is 6.42. The minimum absolute atomic E-state index is 0.182. The lowest BCUT2D eigenvalue weighted by atomic mass is 10.1. The van der Waals surface area contributed by atoms with Crippen LogP contribution in [0.4, 0.5) is 10.5 Å². The molecule has 0 aliphatic rings. The summed E-state index contributed by atoms with van der Waals surface area (Å²) in [6, 6.07) is 17.8. The van der Waals surface area contributed by atoms with Crippen molar-refractivity contribution >= 4 is 46.9 Å². The fourth-order valence-electron chi connectivity index (χ4n) is 2.82. The molecule has 2 amide bonds. The first-order valence-corrected chi connectivity index (χ1v) is 10.7. The minimum atomic E-state index is -0.813. The van der Waals surface area contributed by atoms with Crippen LogP contribution in [-0.4, -0.2) is 24.6 Å². The Balaban J connectivity index is 1.64. The highest BCUT2D eigenvalue weighted by Crippen LogP contribution is 2.23. The number of hydrogen-bond acceptors (Lipinski definition) is 5. The van der Waals surface area contributed by atoms with E-state index >= 15 is 0 Å². The van der Waals surface area contributed by atoms with Gasteiger partial charge in [0.2, 0.25) is 0 Å². The summed E-state index contributed by atoms with van der Waals surface area (Å²) < 4.78 is 9.69. The van der Waals surface area contributed by atoms with E-state index in [2.05, 4.69) is 10.6 Å². The molecule has 0 bridgehead atoms. The van der Waals surface area contributed by atoms with Crippen LogP contribution in [0.15, 0.2) is 66.7 Å². The van der Waals surface area contributed by atoms with E-state index in [0.29, 0.717) is 27.4 Å². The van der Waals surface area contributed by atoms with E-state index in [4.69, 9.17) is 32.7 Å². The number of ether oxygens (including phenoxy) is 2. The standard InChI is InChI=1S/C24H20Cl2N2O5/c1-2-32-24(31)33-18-10-7-15(8-11-18)23(30)28-21-6-4-3-5-17(21)14-27-22(29)16-9-12-19(25)20(26)13-16/h3-13H,2,14H2,1H3,(H,27,29)(H,28,30). The van der Waals surface area contributed by atoms with Crippen molar-refractivity contribution in [1.29, 1.82) is 0 Å². The van der Waals surface area contributed by atoms with Gasteiger partial charge in [-0.1, -0.05) is 41.4 Å². The Morgan fingerprint density at radius 1 is 0.848 bits per heavy atom. The normalized spacial score (nSPS) is 10.3. The zero-order valence-corrected chi connectivity index (χ0v) is 19.1. The summed E-state index contributed by atoms with van der Waals surface area (Å²) in [5.41, 5.74) is 1.99. The van der Waals surface area contributed by atoms with Gasteiger partial charge in [-0.15, -0.1) is 0 Å². The lowest BCUT2D eigenvalue weighted by Gasteiger charge is -2.12. The van der Waals surface area contributed by atoms with Gasteiger partial charge in [-0.25, -0.2) is 4.79 Å². The number of carbonyl (C=O) groups excluding carboxylic acids is 3. The number of halogens is 2. The molecule has 33 heavy (non-hydrogen) atoms. The molecule has 7 nitrogen and oxygen atoms in total. The summed E-state index contributed by atoms with van der Waals surface area (Å²) >= 11 is 11.9. The number of amides is 2. The fourth-order valence-corrected chi connectivity index (χ4v) is 3.12. The van der Waals surface area contributed by atoms with Crippen LogP contribution in [0.2, 0.25) is 10.0 Å². The number of anilines is 1. The molecule has 3 rings (SSSR count). The number of hydrogen-bond donors (Lipinski definition) is 2. The molecule has 170 valence electrons. The Morgan fingerprint density at radius 3 is 2.24 bits per heavy atom. The first-order valence-electron chi connectivity index (χ1n) is 9.94. The molecule has 9 heteroatoms. The van der Waals surface area contributed by atoms with Gasteiger partial charge >= 0.3 is 6.16 Å². The number of para-hydroxylation sites is 1. The van der Waals surface area contributed by atoms with Crippen molar-refractivity contribution in [2.75, 3.05) is 11.9 Å². The molecule has 0 fully saturated rings. The second-order valence-electron chi connectivity index (χ2n) is 6.73. The minimum Gasteiger partial charge on any atom is -0.434 e. The van der Waals surface area contributed by atoms with Gasteiger partial charge in [-0.2, -0.15) is 0 Å². The van der Waals surface area contributed by atoms with Crippen LogP contribution in [0.25, 0.3) is 0 Å². The van der Waals surface area contributed by atoms with Gasteiger partial charge in [0, 0.05) is 23.4 Å². The predicted octanol–water partition coefficient (Wildman–Crippen LogP) is 5.71. The Bertz CT molecular complexity index is 1170. The molecule has 0 heterocycles. The first-order chi connectivity index (χ1) is 15.9. The van der Waals surface area contributed by atoms with Crippen molar-refractivity contribution in [2.24, 2.45) is 0 Å². The van der Waals surface area contributed by atoms with Gasteiger partial charge in [-0.05, 0) is 61.0 Å². The molecule has 0 saturated heterocycles. The molecule has 3 aromatic carbocycles. The molecular formula is C24H20Cl2N2O5. The van der Waals surface area contributed by atoms with Crippen molar-refractivity contribution in [3.63, 3.8) is 0 Å². The number of nitrogens with one attached hydrogen (secondary N) is 2. The summed E-state index contributed by atoms with van der Waals surface area (Å²) in [6.45, 7) is 2.06. The number of carbonyl (C=O) groups is 3. The molecule has 0 atom stereocenters. The Hall–Kier alpha value is -3.55. The molecule has 0 saturated carbocycles. The molecule has 0 unspecified atom stereocenters.